The molecule has 6 heterocycles. The summed E-state index contributed by atoms with van der Waals surface area (Å²) in [6, 6.07) is 25.3. The molecule has 0 spiro atoms. The van der Waals surface area contributed by atoms with Crippen molar-refractivity contribution >= 4 is 45.4 Å². The van der Waals surface area contributed by atoms with Crippen LogP contribution in [0.4, 0.5) is 23.0 Å². The Bertz CT molecular complexity index is 3240. The van der Waals surface area contributed by atoms with E-state index in [1.165, 1.54) is 37.1 Å². The minimum absolute atomic E-state index is 0.0203. The summed E-state index contributed by atoms with van der Waals surface area (Å²) in [7, 11) is 0. The molecule has 4 aliphatic rings. The molecule has 3 aliphatic carbocycles. The molecule has 1 amide bonds. The lowest BCUT2D eigenvalue weighted by atomic mass is 9.79. The molecular formula is C52H48N12O2. The molecule has 1 unspecified atom stereocenters. The van der Waals surface area contributed by atoms with Crippen LogP contribution in [-0.2, 0) is 5.41 Å². The van der Waals surface area contributed by atoms with Crippen LogP contribution in [0.2, 0.25) is 0 Å². The number of nitrogens with zero attached hydrogens (tertiary/aromatic N) is 8. The van der Waals surface area contributed by atoms with Gasteiger partial charge in [0.15, 0.2) is 5.82 Å². The van der Waals surface area contributed by atoms with E-state index in [2.05, 4.69) is 107 Å². The minimum Gasteiger partial charge on any atom is -0.351 e. The largest absolute Gasteiger partial charge is 0.351 e. The predicted octanol–water partition coefficient (Wildman–Crippen LogP) is 9.69. The number of pyridine rings is 1. The van der Waals surface area contributed by atoms with Crippen molar-refractivity contribution < 1.29 is 4.79 Å². The molecule has 14 heteroatoms. The van der Waals surface area contributed by atoms with Crippen molar-refractivity contribution in [2.45, 2.75) is 69.1 Å². The van der Waals surface area contributed by atoms with E-state index in [0.29, 0.717) is 35.4 Å². The number of anilines is 4. The number of hydrogen-bond donors (Lipinski definition) is 4. The van der Waals surface area contributed by atoms with Gasteiger partial charge in [0, 0.05) is 100.0 Å². The van der Waals surface area contributed by atoms with Crippen LogP contribution in [0.25, 0.3) is 33.5 Å². The summed E-state index contributed by atoms with van der Waals surface area (Å²) < 4.78 is 4.16. The van der Waals surface area contributed by atoms with Gasteiger partial charge in [-0.25, -0.2) is 29.9 Å². The van der Waals surface area contributed by atoms with E-state index in [4.69, 9.17) is 9.97 Å². The van der Waals surface area contributed by atoms with E-state index >= 15 is 0 Å². The lowest BCUT2D eigenvalue weighted by molar-refractivity contribution is 0.0930. The van der Waals surface area contributed by atoms with E-state index in [0.717, 1.165) is 62.9 Å². The third kappa shape index (κ3) is 8.64. The summed E-state index contributed by atoms with van der Waals surface area (Å²) in [5, 5.41) is 11.2. The summed E-state index contributed by atoms with van der Waals surface area (Å²) in [5.74, 6) is 4.27. The average molecular weight is 873 g/mol. The highest BCUT2D eigenvalue weighted by molar-refractivity contribution is 5.98. The molecule has 14 nitrogen and oxygen atoms in total. The summed E-state index contributed by atoms with van der Waals surface area (Å²) in [6.07, 6.45) is 25.6. The van der Waals surface area contributed by atoms with Gasteiger partial charge in [-0.05, 0) is 128 Å². The number of hydrogen-bond acceptors (Lipinski definition) is 10. The first-order valence-corrected chi connectivity index (χ1v) is 22.5. The van der Waals surface area contributed by atoms with Crippen molar-refractivity contribution in [2.24, 2.45) is 0 Å². The number of imidazole rings is 2. The molecule has 0 bridgehead atoms. The number of carbonyl (C=O) groups is 1. The van der Waals surface area contributed by atoms with Crippen molar-refractivity contribution in [3.8, 4) is 17.1 Å². The van der Waals surface area contributed by atoms with Crippen molar-refractivity contribution in [3.63, 3.8) is 0 Å². The molecule has 5 aromatic heterocycles. The molecule has 4 N–H and O–H groups in total. The van der Waals surface area contributed by atoms with Gasteiger partial charge in [-0.3, -0.25) is 9.59 Å². The number of nitrogens with one attached hydrogen (secondary N) is 4. The lowest BCUT2D eigenvalue weighted by Crippen LogP contribution is -2.43. The Labute approximate surface area is 381 Å². The molecule has 8 aromatic rings. The first-order chi connectivity index (χ1) is 32.2. The highest BCUT2D eigenvalue weighted by atomic mass is 16.1. The Kier molecular flexibility index (Phi) is 10.4. The molecule has 2 saturated carbocycles. The van der Waals surface area contributed by atoms with E-state index < -0.39 is 0 Å². The van der Waals surface area contributed by atoms with Crippen LogP contribution in [0, 0.1) is 0 Å². The second-order valence-corrected chi connectivity index (χ2v) is 18.1. The van der Waals surface area contributed by atoms with Gasteiger partial charge in [-0.1, -0.05) is 26.0 Å². The van der Waals surface area contributed by atoms with Gasteiger partial charge in [0.25, 0.3) is 11.5 Å². The van der Waals surface area contributed by atoms with Crippen molar-refractivity contribution in [1.82, 2.24) is 49.3 Å². The summed E-state index contributed by atoms with van der Waals surface area (Å²) in [5.41, 5.74) is 8.84. The van der Waals surface area contributed by atoms with Crippen LogP contribution in [0.3, 0.4) is 0 Å². The molecular weight excluding hydrogens is 825 g/mol. The smallest absolute Gasteiger partial charge is 0.255 e. The molecule has 0 radical (unpaired) electrons. The first kappa shape index (κ1) is 40.8. The van der Waals surface area contributed by atoms with Crippen LogP contribution in [0.5, 0.6) is 0 Å². The van der Waals surface area contributed by atoms with Crippen molar-refractivity contribution in [2.75, 3.05) is 17.2 Å². The van der Waals surface area contributed by atoms with Crippen LogP contribution in [-0.4, -0.2) is 56.5 Å². The van der Waals surface area contributed by atoms with Gasteiger partial charge in [-0.15, -0.1) is 0 Å². The third-order valence-corrected chi connectivity index (χ3v) is 12.7. The van der Waals surface area contributed by atoms with Gasteiger partial charge < -0.3 is 30.1 Å². The number of aromatic amines is 1. The second-order valence-electron chi connectivity index (χ2n) is 18.1. The quantitative estimate of drug-likeness (QED) is 0.104. The minimum atomic E-state index is -0.131. The number of benzene rings is 3. The zero-order valence-corrected chi connectivity index (χ0v) is 36.6. The number of carbonyl (C=O) groups excluding carboxylic acids is 1. The Balaban J connectivity index is 0.000000146. The van der Waals surface area contributed by atoms with Crippen molar-refractivity contribution in [3.05, 3.63) is 179 Å². The molecule has 1 aliphatic heterocycles. The van der Waals surface area contributed by atoms with E-state index in [1.807, 2.05) is 79.4 Å². The van der Waals surface area contributed by atoms with Crippen LogP contribution < -0.4 is 21.5 Å². The first-order valence-electron chi connectivity index (χ1n) is 22.5. The highest BCUT2D eigenvalue weighted by Gasteiger charge is 2.32. The topological polar surface area (TPSA) is 173 Å². The molecule has 12 rings (SSSR count). The maximum atomic E-state index is 12.2. The zero-order valence-electron chi connectivity index (χ0n) is 36.6. The number of rotatable bonds is 10. The summed E-state index contributed by atoms with van der Waals surface area (Å²) in [4.78, 5) is 54.3. The molecule has 328 valence electrons. The molecule has 0 saturated heterocycles. The lowest BCUT2D eigenvalue weighted by Gasteiger charge is -2.32. The standard InChI is InChI=1S/C27H26N6O.C25H22N6O/c1-27(2)15-29-26(34)21-10-7-19(13-22(21)27)31-24-11-12-28-25(32-24)18-5-8-20(9-6-18)33-14-23(30-16-33)17-3-4-17;32-25-21-8-5-19(13-18(21)9-11-27-25)29-23-10-12-26-24(30-23)17-3-6-20(7-4-17)31-14-22(28-15-31)16-1-2-16/h5-14,16-17H,3-4,15H2,1-2H3,(H,29,34)(H,28,31,32);3,5-17H,1-2,4H2,(H,27,32)(H,26,29,30). The number of fused-ring (bicyclic) bond motifs is 2. The molecule has 2 fully saturated rings. The number of H-pyrrole nitrogens is 1. The van der Waals surface area contributed by atoms with E-state index in [9.17, 15) is 9.59 Å². The Hall–Kier alpha value is -8.00. The molecule has 1 atom stereocenters. The van der Waals surface area contributed by atoms with Gasteiger partial charge in [0.2, 0.25) is 0 Å². The van der Waals surface area contributed by atoms with E-state index in [1.54, 1.807) is 18.6 Å². The Morgan fingerprint density at radius 2 is 1.42 bits per heavy atom. The number of aromatic nitrogens is 9. The Morgan fingerprint density at radius 3 is 2.17 bits per heavy atom. The van der Waals surface area contributed by atoms with Gasteiger partial charge in [-0.2, -0.15) is 0 Å². The molecule has 3 aromatic carbocycles. The van der Waals surface area contributed by atoms with Crippen LogP contribution >= 0.6 is 0 Å². The number of allylic oxidation sites excluding steroid dienone is 4. The fourth-order valence-electron chi connectivity index (χ4n) is 8.54. The fourth-order valence-corrected chi connectivity index (χ4v) is 8.54. The Morgan fingerprint density at radius 1 is 0.727 bits per heavy atom. The van der Waals surface area contributed by atoms with E-state index in [-0.39, 0.29) is 22.8 Å². The number of amides is 1. The van der Waals surface area contributed by atoms with Gasteiger partial charge in [0.1, 0.15) is 17.5 Å². The normalized spacial score (nSPS) is 17.3. The highest BCUT2D eigenvalue weighted by Crippen LogP contribution is 2.40. The maximum absolute atomic E-state index is 12.2. The van der Waals surface area contributed by atoms with Crippen molar-refractivity contribution in [1.29, 1.82) is 0 Å². The third-order valence-electron chi connectivity index (χ3n) is 12.7. The van der Waals surface area contributed by atoms with Gasteiger partial charge >= 0.3 is 0 Å². The average Bonchev–Trinajstić information content (AvgIpc) is 4.28. The SMILES string of the molecule is CC1(C)CNC(=O)c2ccc(Nc3ccnc(-c4ccc(-n5cnc(C6CC6)c5)cc4)n3)cc21.O=c1[nH]ccc2cc(Nc3ccnc(C4C=CC(n5cnc(C6CC6)c5)=CC4)n3)ccc12. The predicted molar refractivity (Wildman–Crippen MR) is 257 cm³/mol. The second kappa shape index (κ2) is 16.8. The maximum Gasteiger partial charge on any atom is 0.255 e. The summed E-state index contributed by atoms with van der Waals surface area (Å²) >= 11 is 0. The molecule has 66 heavy (non-hydrogen) atoms. The zero-order chi connectivity index (χ0) is 44.8. The van der Waals surface area contributed by atoms with Gasteiger partial charge in [0.05, 0.1) is 24.0 Å². The fraction of sp³-hybridized carbons (Fsp3) is 0.231. The monoisotopic (exact) mass is 872 g/mol. The summed E-state index contributed by atoms with van der Waals surface area (Å²) in [6.45, 7) is 4.90. The van der Waals surface area contributed by atoms with Crippen LogP contribution in [0.1, 0.15) is 96.8 Å². The van der Waals surface area contributed by atoms with Crippen LogP contribution in [0.15, 0.2) is 146 Å².